The minimum Gasteiger partial charge on any atom is -0.216 e. The van der Waals surface area contributed by atoms with Gasteiger partial charge in [-0.1, -0.05) is 48.5 Å². The molecule has 0 saturated carbocycles. The maximum absolute atomic E-state index is 11.9. The quantitative estimate of drug-likeness (QED) is 0.899. The molecule has 1 aliphatic heterocycles. The Morgan fingerprint density at radius 3 is 2.04 bits per heavy atom. The lowest BCUT2D eigenvalue weighted by molar-refractivity contribution is 0.249. The molecule has 4 nitrogen and oxygen atoms in total. The van der Waals surface area contributed by atoms with Crippen LogP contribution in [-0.4, -0.2) is 25.8 Å². The zero-order chi connectivity index (χ0) is 17.4. The Labute approximate surface area is 149 Å². The fraction of sp³-hybridized carbons (Fsp3) is 0.400. The SMILES string of the molecule is NS(=O)(=O)N1CCC[C@@H](C2c3ccccc3CCc3ccccc32)C1. The second-order valence-electron chi connectivity index (χ2n) is 7.18. The number of aryl methyl sites for hydroxylation is 2. The Hall–Kier alpha value is -1.69. The normalized spacial score (nSPS) is 22.0. The lowest BCUT2D eigenvalue weighted by Gasteiger charge is -2.36. The van der Waals surface area contributed by atoms with Gasteiger partial charge < -0.3 is 0 Å². The number of rotatable bonds is 2. The van der Waals surface area contributed by atoms with Gasteiger partial charge >= 0.3 is 0 Å². The van der Waals surface area contributed by atoms with Gasteiger partial charge in [-0.15, -0.1) is 0 Å². The fourth-order valence-electron chi connectivity index (χ4n) is 4.55. The van der Waals surface area contributed by atoms with Crippen molar-refractivity contribution in [1.29, 1.82) is 0 Å². The van der Waals surface area contributed by atoms with Crippen molar-refractivity contribution < 1.29 is 8.42 Å². The number of hydrogen-bond acceptors (Lipinski definition) is 2. The second-order valence-corrected chi connectivity index (χ2v) is 8.73. The summed E-state index contributed by atoms with van der Waals surface area (Å²) in [5, 5.41) is 5.42. The van der Waals surface area contributed by atoms with Gasteiger partial charge in [0.2, 0.25) is 0 Å². The van der Waals surface area contributed by atoms with Crippen LogP contribution in [0, 0.1) is 5.92 Å². The van der Waals surface area contributed by atoms with Gasteiger partial charge in [-0.25, -0.2) is 5.14 Å². The molecule has 132 valence electrons. The fourth-order valence-corrected chi connectivity index (χ4v) is 5.34. The van der Waals surface area contributed by atoms with Crippen molar-refractivity contribution >= 4 is 10.2 Å². The molecule has 0 amide bonds. The highest BCUT2D eigenvalue weighted by atomic mass is 32.2. The van der Waals surface area contributed by atoms with Gasteiger partial charge in [0.1, 0.15) is 0 Å². The van der Waals surface area contributed by atoms with Gasteiger partial charge in [0, 0.05) is 19.0 Å². The van der Waals surface area contributed by atoms with Crippen molar-refractivity contribution in [1.82, 2.24) is 4.31 Å². The van der Waals surface area contributed by atoms with E-state index in [1.807, 2.05) is 0 Å². The van der Waals surface area contributed by atoms with Crippen molar-refractivity contribution in [3.8, 4) is 0 Å². The molecule has 1 saturated heterocycles. The third-order valence-electron chi connectivity index (χ3n) is 5.70. The van der Waals surface area contributed by atoms with Gasteiger partial charge in [0.25, 0.3) is 10.2 Å². The van der Waals surface area contributed by atoms with Gasteiger partial charge in [-0.2, -0.15) is 12.7 Å². The number of nitrogens with two attached hydrogens (primary N) is 1. The molecule has 2 aromatic carbocycles. The predicted molar refractivity (Wildman–Crippen MR) is 99.5 cm³/mol. The molecule has 0 aromatic heterocycles. The van der Waals surface area contributed by atoms with Crippen molar-refractivity contribution in [2.24, 2.45) is 11.1 Å². The molecular weight excluding hydrogens is 332 g/mol. The molecular formula is C20H24N2O2S. The number of nitrogens with zero attached hydrogens (tertiary/aromatic N) is 1. The zero-order valence-corrected chi connectivity index (χ0v) is 15.1. The Balaban J connectivity index is 1.80. The molecule has 25 heavy (non-hydrogen) atoms. The molecule has 5 heteroatoms. The van der Waals surface area contributed by atoms with E-state index in [1.54, 1.807) is 0 Å². The van der Waals surface area contributed by atoms with Gasteiger partial charge in [-0.05, 0) is 53.9 Å². The summed E-state index contributed by atoms with van der Waals surface area (Å²) in [4.78, 5) is 0. The van der Waals surface area contributed by atoms with Crippen molar-refractivity contribution in [3.05, 3.63) is 70.8 Å². The summed E-state index contributed by atoms with van der Waals surface area (Å²) in [5.41, 5.74) is 5.48. The summed E-state index contributed by atoms with van der Waals surface area (Å²) in [6.45, 7) is 1.04. The van der Waals surface area contributed by atoms with Crippen molar-refractivity contribution in [2.75, 3.05) is 13.1 Å². The summed E-state index contributed by atoms with van der Waals surface area (Å²) in [7, 11) is -3.63. The minimum absolute atomic E-state index is 0.236. The predicted octanol–water partition coefficient (Wildman–Crippen LogP) is 2.83. The second kappa shape index (κ2) is 6.56. The average Bonchev–Trinajstić information content (AvgIpc) is 2.78. The number of hydrogen-bond donors (Lipinski definition) is 1. The first-order chi connectivity index (χ1) is 12.0. The van der Waals surface area contributed by atoms with E-state index in [-0.39, 0.29) is 11.8 Å². The molecule has 1 atom stereocenters. The van der Waals surface area contributed by atoms with E-state index in [9.17, 15) is 8.42 Å². The van der Waals surface area contributed by atoms with Crippen LogP contribution in [0.3, 0.4) is 0 Å². The molecule has 0 spiro atoms. The Morgan fingerprint density at radius 1 is 0.920 bits per heavy atom. The average molecular weight is 356 g/mol. The maximum Gasteiger partial charge on any atom is 0.276 e. The maximum atomic E-state index is 11.9. The van der Waals surface area contributed by atoms with Crippen LogP contribution in [0.5, 0.6) is 0 Å². The van der Waals surface area contributed by atoms with E-state index in [1.165, 1.54) is 26.6 Å². The first-order valence-corrected chi connectivity index (χ1v) is 10.5. The molecule has 0 radical (unpaired) electrons. The highest BCUT2D eigenvalue weighted by molar-refractivity contribution is 7.86. The van der Waals surface area contributed by atoms with Gasteiger partial charge in [-0.3, -0.25) is 0 Å². The highest BCUT2D eigenvalue weighted by Gasteiger charge is 2.35. The van der Waals surface area contributed by atoms with Crippen LogP contribution in [0.15, 0.2) is 48.5 Å². The first-order valence-electron chi connectivity index (χ1n) is 8.97. The standard InChI is InChI=1S/C20H24N2O2S/c21-25(23,24)22-13-5-8-17(14-22)20-18-9-3-1-6-15(18)11-12-16-7-2-4-10-19(16)20/h1-4,6-7,9-10,17,20H,5,8,11-14H2,(H2,21,23,24)/t17-/m1/s1. The van der Waals surface area contributed by atoms with E-state index in [0.29, 0.717) is 13.1 Å². The lowest BCUT2D eigenvalue weighted by Crippen LogP contribution is -2.45. The molecule has 2 aromatic rings. The topological polar surface area (TPSA) is 63.4 Å². The Kier molecular flexibility index (Phi) is 4.40. The molecule has 2 aliphatic rings. The van der Waals surface area contributed by atoms with Crippen molar-refractivity contribution in [3.63, 3.8) is 0 Å². The largest absolute Gasteiger partial charge is 0.276 e. The van der Waals surface area contributed by atoms with E-state index < -0.39 is 10.2 Å². The third-order valence-corrected chi connectivity index (χ3v) is 6.75. The Morgan fingerprint density at radius 2 is 1.48 bits per heavy atom. The van der Waals surface area contributed by atoms with E-state index in [0.717, 1.165) is 25.7 Å². The van der Waals surface area contributed by atoms with E-state index >= 15 is 0 Å². The number of benzene rings is 2. The van der Waals surface area contributed by atoms with Crippen LogP contribution in [-0.2, 0) is 23.1 Å². The van der Waals surface area contributed by atoms with E-state index in [2.05, 4.69) is 48.5 Å². The summed E-state index contributed by atoms with van der Waals surface area (Å²) < 4.78 is 25.2. The van der Waals surface area contributed by atoms with Crippen LogP contribution in [0.4, 0.5) is 0 Å². The smallest absolute Gasteiger partial charge is 0.216 e. The zero-order valence-electron chi connectivity index (χ0n) is 14.3. The van der Waals surface area contributed by atoms with Gasteiger partial charge in [0.05, 0.1) is 0 Å². The molecule has 2 N–H and O–H groups in total. The molecule has 4 rings (SSSR count). The van der Waals surface area contributed by atoms with Crippen LogP contribution in [0.25, 0.3) is 0 Å². The summed E-state index contributed by atoms with van der Waals surface area (Å²) in [6, 6.07) is 17.3. The van der Waals surface area contributed by atoms with Crippen molar-refractivity contribution in [2.45, 2.75) is 31.6 Å². The highest BCUT2D eigenvalue weighted by Crippen LogP contribution is 2.42. The summed E-state index contributed by atoms with van der Waals surface area (Å²) >= 11 is 0. The first kappa shape index (κ1) is 16.8. The van der Waals surface area contributed by atoms with Crippen LogP contribution >= 0.6 is 0 Å². The van der Waals surface area contributed by atoms with Crippen LogP contribution < -0.4 is 5.14 Å². The number of fused-ring (bicyclic) bond motifs is 2. The monoisotopic (exact) mass is 356 g/mol. The third kappa shape index (κ3) is 3.24. The Bertz CT molecular complexity index is 831. The lowest BCUT2D eigenvalue weighted by atomic mass is 9.76. The molecule has 1 heterocycles. The molecule has 1 aliphatic carbocycles. The molecule has 0 unspecified atom stereocenters. The number of piperidine rings is 1. The van der Waals surface area contributed by atoms with Gasteiger partial charge in [0.15, 0.2) is 0 Å². The van der Waals surface area contributed by atoms with Crippen LogP contribution in [0.1, 0.15) is 41.0 Å². The summed E-state index contributed by atoms with van der Waals surface area (Å²) in [5.74, 6) is 0.493. The van der Waals surface area contributed by atoms with Crippen LogP contribution in [0.2, 0.25) is 0 Å². The molecule has 0 bridgehead atoms. The summed E-state index contributed by atoms with van der Waals surface area (Å²) in [6.07, 6.45) is 3.96. The molecule has 1 fully saturated rings. The van der Waals surface area contributed by atoms with E-state index in [4.69, 9.17) is 5.14 Å². The minimum atomic E-state index is -3.63.